The number of hydrogen-bond acceptors (Lipinski definition) is 6. The van der Waals surface area contributed by atoms with E-state index in [4.69, 9.17) is 14.2 Å². The SMILES string of the molecule is Cc1noc(C)c1-c1cnc2c(c1)c(-c1ccc(C(=O)O)cc1OC1CCC1)cn2-c1cnn(C(F)F)c1C. The summed E-state index contributed by atoms with van der Waals surface area (Å²) >= 11 is 0. The van der Waals surface area contributed by atoms with Crippen LogP contribution < -0.4 is 4.74 Å². The number of alkyl halides is 2. The molecule has 200 valence electrons. The molecule has 4 aromatic heterocycles. The molecule has 4 heterocycles. The number of aromatic nitrogens is 5. The van der Waals surface area contributed by atoms with Crippen LogP contribution in [0.3, 0.4) is 0 Å². The van der Waals surface area contributed by atoms with E-state index in [9.17, 15) is 18.7 Å². The van der Waals surface area contributed by atoms with Gasteiger partial charge in [-0.2, -0.15) is 13.9 Å². The van der Waals surface area contributed by atoms with Crippen molar-refractivity contribution in [3.63, 3.8) is 0 Å². The number of ether oxygens (including phenoxy) is 1. The number of carboxylic acid groups (broad SMARTS) is 1. The first-order chi connectivity index (χ1) is 18.7. The number of aromatic carboxylic acids is 1. The third-order valence-electron chi connectivity index (χ3n) is 7.29. The lowest BCUT2D eigenvalue weighted by Crippen LogP contribution is -2.24. The minimum absolute atomic E-state index is 0.00338. The van der Waals surface area contributed by atoms with Crippen LogP contribution in [0.2, 0.25) is 0 Å². The molecule has 1 aliphatic carbocycles. The van der Waals surface area contributed by atoms with E-state index in [2.05, 4.69) is 10.3 Å². The Balaban J connectivity index is 1.61. The second-order valence-corrected chi connectivity index (χ2v) is 9.73. The van der Waals surface area contributed by atoms with E-state index >= 15 is 0 Å². The number of halogens is 2. The maximum Gasteiger partial charge on any atom is 0.335 e. The number of carboxylic acids is 1. The van der Waals surface area contributed by atoms with Gasteiger partial charge in [0.2, 0.25) is 0 Å². The summed E-state index contributed by atoms with van der Waals surface area (Å²) in [4.78, 5) is 16.5. The van der Waals surface area contributed by atoms with Crippen LogP contribution in [-0.4, -0.2) is 41.7 Å². The quantitative estimate of drug-likeness (QED) is 0.255. The minimum atomic E-state index is -2.79. The van der Waals surface area contributed by atoms with E-state index < -0.39 is 12.5 Å². The molecule has 0 unspecified atom stereocenters. The van der Waals surface area contributed by atoms with Crippen LogP contribution in [0, 0.1) is 20.8 Å². The molecule has 1 saturated carbocycles. The summed E-state index contributed by atoms with van der Waals surface area (Å²) in [7, 11) is 0. The molecule has 0 atom stereocenters. The monoisotopic (exact) mass is 533 g/mol. The standard InChI is InChI=1S/C28H25F2N5O4/c1-14-25(16(3)39-33-14)18-9-21-22(20-8-7-17(27(36)37)10-24(20)38-19-5-4-6-19)13-34(26(21)31-11-18)23-12-32-35(15(23)2)28(29)30/h7-13,19,28H,4-6H2,1-3H3,(H,36,37). The first-order valence-electron chi connectivity index (χ1n) is 12.5. The number of aryl methyl sites for hydroxylation is 2. The number of hydrogen-bond donors (Lipinski definition) is 1. The van der Waals surface area contributed by atoms with E-state index in [1.165, 1.54) is 18.3 Å². The third kappa shape index (κ3) is 4.14. The van der Waals surface area contributed by atoms with Crippen LogP contribution in [-0.2, 0) is 0 Å². The average Bonchev–Trinajstić information content (AvgIpc) is 3.55. The largest absolute Gasteiger partial charge is 0.490 e. The second-order valence-electron chi connectivity index (χ2n) is 9.73. The Morgan fingerprint density at radius 1 is 1.15 bits per heavy atom. The third-order valence-corrected chi connectivity index (χ3v) is 7.29. The molecule has 1 N–H and O–H groups in total. The molecule has 5 aromatic rings. The number of carbonyl (C=O) groups is 1. The average molecular weight is 534 g/mol. The van der Waals surface area contributed by atoms with Gasteiger partial charge in [-0.25, -0.2) is 14.5 Å². The molecular weight excluding hydrogens is 508 g/mol. The van der Waals surface area contributed by atoms with Crippen molar-refractivity contribution in [1.29, 1.82) is 0 Å². The Morgan fingerprint density at radius 3 is 2.56 bits per heavy atom. The molecule has 0 radical (unpaired) electrons. The summed E-state index contributed by atoms with van der Waals surface area (Å²) < 4.78 is 41.1. The Kier molecular flexibility index (Phi) is 5.93. The lowest BCUT2D eigenvalue weighted by molar-refractivity contribution is 0.0544. The molecule has 11 heteroatoms. The minimum Gasteiger partial charge on any atom is -0.490 e. The fourth-order valence-corrected chi connectivity index (χ4v) is 5.03. The molecule has 0 bridgehead atoms. The highest BCUT2D eigenvalue weighted by molar-refractivity contribution is 6.00. The van der Waals surface area contributed by atoms with Crippen LogP contribution in [0.1, 0.15) is 53.3 Å². The van der Waals surface area contributed by atoms with Crippen molar-refractivity contribution in [3.8, 4) is 33.7 Å². The van der Waals surface area contributed by atoms with Gasteiger partial charge >= 0.3 is 12.5 Å². The van der Waals surface area contributed by atoms with Crippen LogP contribution in [0.25, 0.3) is 39.0 Å². The van der Waals surface area contributed by atoms with E-state index in [1.807, 2.05) is 19.9 Å². The van der Waals surface area contributed by atoms with Gasteiger partial charge in [0.25, 0.3) is 0 Å². The summed E-state index contributed by atoms with van der Waals surface area (Å²) in [5, 5.41) is 18.3. The van der Waals surface area contributed by atoms with Gasteiger partial charge < -0.3 is 14.4 Å². The number of fused-ring (bicyclic) bond motifs is 1. The van der Waals surface area contributed by atoms with Gasteiger partial charge in [0.05, 0.1) is 34.9 Å². The zero-order valence-electron chi connectivity index (χ0n) is 21.5. The zero-order valence-corrected chi connectivity index (χ0v) is 21.5. The van der Waals surface area contributed by atoms with Gasteiger partial charge in [-0.3, -0.25) is 4.57 Å². The molecule has 1 aliphatic rings. The second kappa shape index (κ2) is 9.33. The maximum absolute atomic E-state index is 13.5. The molecule has 1 aromatic carbocycles. The van der Waals surface area contributed by atoms with E-state index in [-0.39, 0.29) is 17.4 Å². The van der Waals surface area contributed by atoms with Gasteiger partial charge in [-0.1, -0.05) is 5.16 Å². The van der Waals surface area contributed by atoms with E-state index in [0.29, 0.717) is 44.3 Å². The molecule has 39 heavy (non-hydrogen) atoms. The Hall–Kier alpha value is -4.54. The highest BCUT2D eigenvalue weighted by Crippen LogP contribution is 2.41. The van der Waals surface area contributed by atoms with Crippen LogP contribution in [0.4, 0.5) is 8.78 Å². The van der Waals surface area contributed by atoms with E-state index in [0.717, 1.165) is 35.8 Å². The Bertz CT molecular complexity index is 1710. The predicted molar refractivity (Wildman–Crippen MR) is 138 cm³/mol. The van der Waals surface area contributed by atoms with Crippen LogP contribution >= 0.6 is 0 Å². The normalized spacial score (nSPS) is 13.8. The first kappa shape index (κ1) is 24.8. The molecule has 0 aliphatic heterocycles. The molecule has 6 rings (SSSR count). The van der Waals surface area contributed by atoms with Crippen molar-refractivity contribution in [2.45, 2.75) is 52.7 Å². The smallest absolute Gasteiger partial charge is 0.335 e. The van der Waals surface area contributed by atoms with Crippen molar-refractivity contribution in [3.05, 3.63) is 65.6 Å². The molecule has 0 spiro atoms. The first-order valence-corrected chi connectivity index (χ1v) is 12.5. The molecule has 0 saturated heterocycles. The number of pyridine rings is 1. The van der Waals surface area contributed by atoms with Gasteiger partial charge in [-0.05, 0) is 64.3 Å². The lowest BCUT2D eigenvalue weighted by atomic mass is 9.95. The lowest BCUT2D eigenvalue weighted by Gasteiger charge is -2.27. The summed E-state index contributed by atoms with van der Waals surface area (Å²) in [5.41, 5.74) is 5.05. The molecule has 0 amide bonds. The van der Waals surface area contributed by atoms with Gasteiger partial charge in [0.15, 0.2) is 0 Å². The Morgan fingerprint density at radius 2 is 1.95 bits per heavy atom. The van der Waals surface area contributed by atoms with Crippen LogP contribution in [0.15, 0.2) is 47.4 Å². The summed E-state index contributed by atoms with van der Waals surface area (Å²) in [6.45, 7) is 2.46. The van der Waals surface area contributed by atoms with Gasteiger partial charge in [0, 0.05) is 40.0 Å². The van der Waals surface area contributed by atoms with Crippen molar-refractivity contribution in [2.75, 3.05) is 0 Å². The topological polar surface area (TPSA) is 108 Å². The zero-order chi connectivity index (χ0) is 27.4. The van der Waals surface area contributed by atoms with Crippen molar-refractivity contribution in [2.24, 2.45) is 0 Å². The maximum atomic E-state index is 13.5. The van der Waals surface area contributed by atoms with E-state index in [1.54, 1.807) is 30.0 Å². The molecule has 1 fully saturated rings. The highest BCUT2D eigenvalue weighted by Gasteiger charge is 2.25. The van der Waals surface area contributed by atoms with Crippen LogP contribution in [0.5, 0.6) is 5.75 Å². The predicted octanol–water partition coefficient (Wildman–Crippen LogP) is 6.49. The molecular formula is C28H25F2N5O4. The number of rotatable bonds is 7. The highest BCUT2D eigenvalue weighted by atomic mass is 19.3. The fraction of sp³-hybridized carbons (Fsp3) is 0.286. The van der Waals surface area contributed by atoms with Gasteiger partial charge in [-0.15, -0.1) is 0 Å². The molecule has 9 nitrogen and oxygen atoms in total. The van der Waals surface area contributed by atoms with Gasteiger partial charge in [0.1, 0.15) is 17.2 Å². The summed E-state index contributed by atoms with van der Waals surface area (Å²) in [6.07, 6.45) is 7.72. The summed E-state index contributed by atoms with van der Waals surface area (Å²) in [5.74, 6) is 0.0322. The Labute approximate surface area is 221 Å². The number of nitrogens with zero attached hydrogens (tertiary/aromatic N) is 5. The van der Waals surface area contributed by atoms with Crippen molar-refractivity contribution >= 4 is 17.0 Å². The fourth-order valence-electron chi connectivity index (χ4n) is 5.03. The van der Waals surface area contributed by atoms with Crippen molar-refractivity contribution in [1.82, 2.24) is 24.5 Å². The van der Waals surface area contributed by atoms with Crippen molar-refractivity contribution < 1.29 is 27.9 Å². The summed E-state index contributed by atoms with van der Waals surface area (Å²) in [6, 6.07) is 6.73. The number of benzene rings is 1.